The minimum absolute atomic E-state index is 0.260. The van der Waals surface area contributed by atoms with Crippen LogP contribution in [0.1, 0.15) is 38.1 Å². The molecule has 1 aromatic heterocycles. The highest BCUT2D eigenvalue weighted by Crippen LogP contribution is 2.12. The van der Waals surface area contributed by atoms with Crippen molar-refractivity contribution in [3.05, 3.63) is 24.0 Å². The van der Waals surface area contributed by atoms with Gasteiger partial charge in [-0.1, -0.05) is 0 Å². The number of carbonyl (C=O) groups is 1. The third kappa shape index (κ3) is 2.91. The predicted molar refractivity (Wildman–Crippen MR) is 55.3 cm³/mol. The van der Waals surface area contributed by atoms with Crippen molar-refractivity contribution >= 4 is 5.97 Å². The summed E-state index contributed by atoms with van der Waals surface area (Å²) in [7, 11) is 0. The number of aromatic nitrogens is 1. The molecule has 0 atom stereocenters. The quantitative estimate of drug-likeness (QED) is 0.679. The van der Waals surface area contributed by atoms with Crippen molar-refractivity contribution in [3.8, 4) is 0 Å². The van der Waals surface area contributed by atoms with Crippen LogP contribution in [-0.2, 0) is 11.3 Å². The molecule has 1 rings (SSSR count). The maximum Gasteiger partial charge on any atom is 0.340 e. The lowest BCUT2D eigenvalue weighted by atomic mass is 10.2. The minimum atomic E-state index is -0.425. The van der Waals surface area contributed by atoms with Crippen molar-refractivity contribution in [2.75, 3.05) is 0 Å². The highest BCUT2D eigenvalue weighted by atomic mass is 16.6. The number of ether oxygens (including phenoxy) is 1. The Balaban J connectivity index is 2.70. The number of aryl methyl sites for hydroxylation is 1. The smallest absolute Gasteiger partial charge is 0.340 e. The van der Waals surface area contributed by atoms with Crippen LogP contribution in [0.3, 0.4) is 0 Å². The van der Waals surface area contributed by atoms with Crippen LogP contribution in [0.5, 0.6) is 0 Å². The third-order valence-corrected chi connectivity index (χ3v) is 1.75. The monoisotopic (exact) mass is 195 g/mol. The van der Waals surface area contributed by atoms with E-state index in [2.05, 4.69) is 0 Å². The summed E-state index contributed by atoms with van der Waals surface area (Å²) in [4.78, 5) is 11.6. The van der Waals surface area contributed by atoms with Gasteiger partial charge in [0.1, 0.15) is 5.60 Å². The molecule has 0 bridgehead atoms. The maximum atomic E-state index is 11.6. The van der Waals surface area contributed by atoms with E-state index in [9.17, 15) is 4.79 Å². The number of esters is 1. The molecule has 0 radical (unpaired) electrons. The highest BCUT2D eigenvalue weighted by Gasteiger charge is 2.18. The van der Waals surface area contributed by atoms with Gasteiger partial charge in [0.25, 0.3) is 0 Å². The highest BCUT2D eigenvalue weighted by molar-refractivity contribution is 5.89. The van der Waals surface area contributed by atoms with Crippen LogP contribution in [0.25, 0.3) is 0 Å². The van der Waals surface area contributed by atoms with Gasteiger partial charge in [0.15, 0.2) is 0 Å². The van der Waals surface area contributed by atoms with E-state index in [0.29, 0.717) is 5.56 Å². The molecule has 0 unspecified atom stereocenters. The zero-order chi connectivity index (χ0) is 10.8. The molecule has 0 aliphatic heterocycles. The topological polar surface area (TPSA) is 31.2 Å². The fraction of sp³-hybridized carbons (Fsp3) is 0.545. The fourth-order valence-electron chi connectivity index (χ4n) is 1.10. The number of hydrogen-bond donors (Lipinski definition) is 0. The number of carbonyl (C=O) groups excluding carboxylic acids is 1. The minimum Gasteiger partial charge on any atom is -0.456 e. The van der Waals surface area contributed by atoms with Gasteiger partial charge in [0.2, 0.25) is 0 Å². The molecule has 0 fully saturated rings. The Kier molecular flexibility index (Phi) is 2.99. The Labute approximate surface area is 84.7 Å². The molecule has 0 aliphatic rings. The normalized spacial score (nSPS) is 11.4. The average molecular weight is 195 g/mol. The van der Waals surface area contributed by atoms with Crippen molar-refractivity contribution < 1.29 is 9.53 Å². The van der Waals surface area contributed by atoms with E-state index in [1.165, 1.54) is 0 Å². The van der Waals surface area contributed by atoms with Crippen molar-refractivity contribution in [1.29, 1.82) is 0 Å². The number of rotatable bonds is 2. The Morgan fingerprint density at radius 3 is 2.57 bits per heavy atom. The van der Waals surface area contributed by atoms with E-state index in [1.807, 2.05) is 38.5 Å². The van der Waals surface area contributed by atoms with Crippen LogP contribution in [0.2, 0.25) is 0 Å². The Bertz CT molecular complexity index is 320. The van der Waals surface area contributed by atoms with Gasteiger partial charge in [-0.25, -0.2) is 4.79 Å². The van der Waals surface area contributed by atoms with Crippen LogP contribution < -0.4 is 0 Å². The molecule has 0 aliphatic carbocycles. The predicted octanol–water partition coefficient (Wildman–Crippen LogP) is 2.46. The van der Waals surface area contributed by atoms with Crippen molar-refractivity contribution in [1.82, 2.24) is 4.57 Å². The van der Waals surface area contributed by atoms with Crippen LogP contribution >= 0.6 is 0 Å². The molecular formula is C11H17NO2. The van der Waals surface area contributed by atoms with Gasteiger partial charge in [-0.2, -0.15) is 0 Å². The van der Waals surface area contributed by atoms with Crippen LogP contribution in [0, 0.1) is 0 Å². The van der Waals surface area contributed by atoms with Crippen LogP contribution in [-0.4, -0.2) is 16.1 Å². The lowest BCUT2D eigenvalue weighted by Gasteiger charge is -2.18. The Hall–Kier alpha value is -1.25. The van der Waals surface area contributed by atoms with Gasteiger partial charge >= 0.3 is 5.97 Å². The van der Waals surface area contributed by atoms with Crippen molar-refractivity contribution in [3.63, 3.8) is 0 Å². The summed E-state index contributed by atoms with van der Waals surface area (Å²) in [5, 5.41) is 0. The van der Waals surface area contributed by atoms with Crippen molar-refractivity contribution in [2.24, 2.45) is 0 Å². The van der Waals surface area contributed by atoms with Gasteiger partial charge in [0, 0.05) is 18.9 Å². The van der Waals surface area contributed by atoms with E-state index in [-0.39, 0.29) is 5.97 Å². The average Bonchev–Trinajstić information content (AvgIpc) is 2.48. The first-order chi connectivity index (χ1) is 6.42. The third-order valence-electron chi connectivity index (χ3n) is 1.75. The summed E-state index contributed by atoms with van der Waals surface area (Å²) in [6.45, 7) is 8.48. The largest absolute Gasteiger partial charge is 0.456 e. The Morgan fingerprint density at radius 1 is 1.50 bits per heavy atom. The van der Waals surface area contributed by atoms with E-state index in [1.54, 1.807) is 12.3 Å². The summed E-state index contributed by atoms with van der Waals surface area (Å²) < 4.78 is 7.17. The summed E-state index contributed by atoms with van der Waals surface area (Å²) >= 11 is 0. The van der Waals surface area contributed by atoms with Crippen LogP contribution in [0.15, 0.2) is 18.5 Å². The van der Waals surface area contributed by atoms with Gasteiger partial charge in [-0.15, -0.1) is 0 Å². The zero-order valence-corrected chi connectivity index (χ0v) is 9.20. The van der Waals surface area contributed by atoms with E-state index in [4.69, 9.17) is 4.74 Å². The molecule has 1 aromatic rings. The van der Waals surface area contributed by atoms with Gasteiger partial charge in [-0.3, -0.25) is 0 Å². The Morgan fingerprint density at radius 2 is 2.14 bits per heavy atom. The summed E-state index contributed by atoms with van der Waals surface area (Å²) in [5.74, 6) is -0.260. The molecule has 14 heavy (non-hydrogen) atoms. The molecule has 0 spiro atoms. The van der Waals surface area contributed by atoms with Gasteiger partial charge < -0.3 is 9.30 Å². The number of nitrogens with zero attached hydrogens (tertiary/aromatic N) is 1. The summed E-state index contributed by atoms with van der Waals surface area (Å²) in [6, 6.07) is 1.78. The van der Waals surface area contributed by atoms with E-state index in [0.717, 1.165) is 6.54 Å². The molecular weight excluding hydrogens is 178 g/mol. The molecule has 1 heterocycles. The second-order valence-corrected chi connectivity index (χ2v) is 4.23. The second kappa shape index (κ2) is 3.86. The summed E-state index contributed by atoms with van der Waals surface area (Å²) in [6.07, 6.45) is 3.67. The van der Waals surface area contributed by atoms with E-state index < -0.39 is 5.60 Å². The lowest BCUT2D eigenvalue weighted by Crippen LogP contribution is -2.23. The SMILES string of the molecule is CCn1ccc(C(=O)OC(C)(C)C)c1. The molecule has 78 valence electrons. The molecule has 0 aromatic carbocycles. The van der Waals surface area contributed by atoms with Gasteiger partial charge in [0.05, 0.1) is 5.56 Å². The first kappa shape index (κ1) is 10.8. The molecule has 0 N–H and O–H groups in total. The van der Waals surface area contributed by atoms with Crippen molar-refractivity contribution in [2.45, 2.75) is 39.8 Å². The van der Waals surface area contributed by atoms with E-state index >= 15 is 0 Å². The fourth-order valence-corrected chi connectivity index (χ4v) is 1.10. The molecule has 3 nitrogen and oxygen atoms in total. The van der Waals surface area contributed by atoms with Gasteiger partial charge in [-0.05, 0) is 33.8 Å². The maximum absolute atomic E-state index is 11.6. The summed E-state index contributed by atoms with van der Waals surface area (Å²) in [5.41, 5.74) is 0.188. The standard InChI is InChI=1S/C11H17NO2/c1-5-12-7-6-9(8-12)10(13)14-11(2,3)4/h6-8H,5H2,1-4H3. The first-order valence-electron chi connectivity index (χ1n) is 4.81. The van der Waals surface area contributed by atoms with Crippen LogP contribution in [0.4, 0.5) is 0 Å². The molecule has 0 saturated carbocycles. The molecule has 0 amide bonds. The first-order valence-corrected chi connectivity index (χ1v) is 4.81. The zero-order valence-electron chi connectivity index (χ0n) is 9.20. The number of hydrogen-bond acceptors (Lipinski definition) is 2. The lowest BCUT2D eigenvalue weighted by molar-refractivity contribution is 0.00695. The molecule has 0 saturated heterocycles. The second-order valence-electron chi connectivity index (χ2n) is 4.23. The molecule has 3 heteroatoms.